The Bertz CT molecular complexity index is 1500. The van der Waals surface area contributed by atoms with E-state index in [-0.39, 0.29) is 5.56 Å². The molecule has 0 radical (unpaired) electrons. The Morgan fingerprint density at radius 2 is 1.85 bits per heavy atom. The van der Waals surface area contributed by atoms with Gasteiger partial charge in [0.25, 0.3) is 5.56 Å². The largest absolute Gasteiger partial charge is 0.494 e. The van der Waals surface area contributed by atoms with Crippen molar-refractivity contribution in [2.75, 3.05) is 6.61 Å². The van der Waals surface area contributed by atoms with Gasteiger partial charge in [-0.1, -0.05) is 23.4 Å². The molecule has 3 heterocycles. The van der Waals surface area contributed by atoms with Gasteiger partial charge in [0.05, 0.1) is 23.3 Å². The summed E-state index contributed by atoms with van der Waals surface area (Å²) in [5.74, 6) is 2.41. The predicted molar refractivity (Wildman–Crippen MR) is 133 cm³/mol. The highest BCUT2D eigenvalue weighted by Gasteiger charge is 2.17. The predicted octanol–water partition coefficient (Wildman–Crippen LogP) is 4.91. The van der Waals surface area contributed by atoms with Crippen LogP contribution in [0, 0.1) is 0 Å². The summed E-state index contributed by atoms with van der Waals surface area (Å²) in [6.45, 7) is 2.54. The Balaban J connectivity index is 1.50. The lowest BCUT2D eigenvalue weighted by Gasteiger charge is -2.11. The van der Waals surface area contributed by atoms with Gasteiger partial charge in [-0.3, -0.25) is 14.3 Å². The molecule has 0 saturated heterocycles. The summed E-state index contributed by atoms with van der Waals surface area (Å²) < 4.78 is 7.55. The first kappa shape index (κ1) is 22.1. The molecule has 5 rings (SSSR count). The molecule has 0 spiro atoms. The molecule has 34 heavy (non-hydrogen) atoms. The number of aromatic amines is 1. The SMILES string of the molecule is CCOc1ccc(-n2c(SCc3nc4ccc(Cl)cc4c(=O)[nH]3)nnc2-c2ccncc2)cc1. The number of ether oxygens (including phenoxy) is 1. The first-order chi connectivity index (χ1) is 16.6. The van der Waals surface area contributed by atoms with Crippen molar-refractivity contribution in [2.24, 2.45) is 0 Å². The van der Waals surface area contributed by atoms with Crippen LogP contribution in [0.15, 0.2) is 76.9 Å². The van der Waals surface area contributed by atoms with Gasteiger partial charge >= 0.3 is 0 Å². The molecule has 10 heteroatoms. The molecule has 8 nitrogen and oxygen atoms in total. The van der Waals surface area contributed by atoms with Crippen LogP contribution in [0.2, 0.25) is 5.02 Å². The number of pyridine rings is 1. The number of aromatic nitrogens is 6. The van der Waals surface area contributed by atoms with Gasteiger partial charge in [0.15, 0.2) is 11.0 Å². The minimum Gasteiger partial charge on any atom is -0.494 e. The molecule has 0 unspecified atom stereocenters. The minimum atomic E-state index is -0.228. The Morgan fingerprint density at radius 3 is 2.62 bits per heavy atom. The van der Waals surface area contributed by atoms with Gasteiger partial charge in [0.2, 0.25) is 0 Å². The second kappa shape index (κ2) is 9.66. The van der Waals surface area contributed by atoms with Crippen molar-refractivity contribution in [1.82, 2.24) is 29.7 Å². The van der Waals surface area contributed by atoms with E-state index in [0.717, 1.165) is 17.0 Å². The Morgan fingerprint density at radius 1 is 1.06 bits per heavy atom. The normalized spacial score (nSPS) is 11.1. The molecular formula is C24H19ClN6O2S. The molecule has 0 saturated carbocycles. The zero-order chi connectivity index (χ0) is 23.5. The highest BCUT2D eigenvalue weighted by molar-refractivity contribution is 7.98. The summed E-state index contributed by atoms with van der Waals surface area (Å²) in [6, 6.07) is 16.6. The molecule has 0 fully saturated rings. The standard InChI is InChI=1S/C24H19ClN6O2S/c1-2-33-18-6-4-17(5-7-18)31-22(15-9-11-26-12-10-15)29-30-24(31)34-14-21-27-20-8-3-16(25)13-19(20)23(32)28-21/h3-13H,2,14H2,1H3,(H,27,28,32). The second-order valence-electron chi connectivity index (χ2n) is 7.27. The summed E-state index contributed by atoms with van der Waals surface area (Å²) in [5, 5.41) is 10.5. The number of hydrogen-bond acceptors (Lipinski definition) is 7. The smallest absolute Gasteiger partial charge is 0.258 e. The molecule has 0 aliphatic heterocycles. The zero-order valence-corrected chi connectivity index (χ0v) is 19.7. The molecule has 3 aromatic heterocycles. The Kier molecular flexibility index (Phi) is 6.29. The van der Waals surface area contributed by atoms with Crippen LogP contribution in [0.25, 0.3) is 28.0 Å². The van der Waals surface area contributed by atoms with Gasteiger partial charge in [0.1, 0.15) is 11.6 Å². The lowest BCUT2D eigenvalue weighted by molar-refractivity contribution is 0.340. The number of H-pyrrole nitrogens is 1. The fraction of sp³-hybridized carbons (Fsp3) is 0.125. The number of halogens is 1. The van der Waals surface area contributed by atoms with Gasteiger partial charge in [-0.05, 0) is 61.5 Å². The van der Waals surface area contributed by atoms with E-state index in [9.17, 15) is 4.79 Å². The molecule has 2 aromatic carbocycles. The van der Waals surface area contributed by atoms with Crippen molar-refractivity contribution >= 4 is 34.3 Å². The molecular weight excluding hydrogens is 472 g/mol. The van der Waals surface area contributed by atoms with Crippen molar-refractivity contribution < 1.29 is 4.74 Å². The van der Waals surface area contributed by atoms with E-state index in [1.807, 2.05) is 47.9 Å². The van der Waals surface area contributed by atoms with Crippen LogP contribution < -0.4 is 10.3 Å². The fourth-order valence-electron chi connectivity index (χ4n) is 3.50. The Labute approximate surface area is 204 Å². The van der Waals surface area contributed by atoms with Gasteiger partial charge in [-0.25, -0.2) is 4.98 Å². The quantitative estimate of drug-likeness (QED) is 0.323. The number of thioether (sulfide) groups is 1. The molecule has 0 aliphatic carbocycles. The third-order valence-corrected chi connectivity index (χ3v) is 6.21. The lowest BCUT2D eigenvalue weighted by Crippen LogP contribution is -2.11. The van der Waals surface area contributed by atoms with Crippen LogP contribution in [-0.4, -0.2) is 36.3 Å². The summed E-state index contributed by atoms with van der Waals surface area (Å²) in [6.07, 6.45) is 3.44. The topological polar surface area (TPSA) is 98.6 Å². The van der Waals surface area contributed by atoms with Gasteiger partial charge in [-0.2, -0.15) is 0 Å². The van der Waals surface area contributed by atoms with Crippen LogP contribution in [-0.2, 0) is 5.75 Å². The first-order valence-corrected chi connectivity index (χ1v) is 11.9. The average molecular weight is 491 g/mol. The van der Waals surface area contributed by atoms with Crippen molar-refractivity contribution in [3.8, 4) is 22.8 Å². The van der Waals surface area contributed by atoms with Crippen molar-refractivity contribution in [1.29, 1.82) is 0 Å². The molecule has 170 valence electrons. The highest BCUT2D eigenvalue weighted by Crippen LogP contribution is 2.30. The summed E-state index contributed by atoms with van der Waals surface area (Å²) in [4.78, 5) is 24.0. The van der Waals surface area contributed by atoms with E-state index < -0.39 is 0 Å². The van der Waals surface area contributed by atoms with Crippen LogP contribution in [0.1, 0.15) is 12.7 Å². The minimum absolute atomic E-state index is 0.228. The zero-order valence-electron chi connectivity index (χ0n) is 18.1. The molecule has 0 bridgehead atoms. The number of nitrogens with zero attached hydrogens (tertiary/aromatic N) is 5. The van der Waals surface area contributed by atoms with E-state index >= 15 is 0 Å². The van der Waals surface area contributed by atoms with Crippen LogP contribution in [0.4, 0.5) is 0 Å². The monoisotopic (exact) mass is 490 g/mol. The molecule has 5 aromatic rings. The van der Waals surface area contributed by atoms with E-state index in [2.05, 4.69) is 25.1 Å². The van der Waals surface area contributed by atoms with E-state index in [0.29, 0.717) is 45.1 Å². The lowest BCUT2D eigenvalue weighted by atomic mass is 10.2. The number of hydrogen-bond donors (Lipinski definition) is 1. The summed E-state index contributed by atoms with van der Waals surface area (Å²) in [7, 11) is 0. The third kappa shape index (κ3) is 4.52. The first-order valence-electron chi connectivity index (χ1n) is 10.5. The number of fused-ring (bicyclic) bond motifs is 1. The fourth-order valence-corrected chi connectivity index (χ4v) is 4.50. The summed E-state index contributed by atoms with van der Waals surface area (Å²) in [5.41, 5.74) is 2.14. The number of rotatable bonds is 7. The third-order valence-electron chi connectivity index (χ3n) is 5.03. The second-order valence-corrected chi connectivity index (χ2v) is 8.65. The van der Waals surface area contributed by atoms with E-state index in [4.69, 9.17) is 16.3 Å². The maximum Gasteiger partial charge on any atom is 0.258 e. The van der Waals surface area contributed by atoms with Crippen molar-refractivity contribution in [3.05, 3.63) is 88.2 Å². The molecule has 0 aliphatic rings. The molecule has 1 N–H and O–H groups in total. The highest BCUT2D eigenvalue weighted by atomic mass is 35.5. The number of benzene rings is 2. The van der Waals surface area contributed by atoms with Crippen LogP contribution >= 0.6 is 23.4 Å². The van der Waals surface area contributed by atoms with Crippen molar-refractivity contribution in [2.45, 2.75) is 17.8 Å². The number of nitrogens with one attached hydrogen (secondary N) is 1. The van der Waals surface area contributed by atoms with E-state index in [1.54, 1.807) is 30.6 Å². The molecule has 0 amide bonds. The molecule has 0 atom stereocenters. The van der Waals surface area contributed by atoms with Crippen molar-refractivity contribution in [3.63, 3.8) is 0 Å². The summed E-state index contributed by atoms with van der Waals surface area (Å²) >= 11 is 7.44. The average Bonchev–Trinajstić information content (AvgIpc) is 3.28. The van der Waals surface area contributed by atoms with E-state index in [1.165, 1.54) is 11.8 Å². The van der Waals surface area contributed by atoms with Gasteiger partial charge < -0.3 is 9.72 Å². The maximum atomic E-state index is 12.5. The van der Waals surface area contributed by atoms with Gasteiger partial charge in [0, 0.05) is 28.7 Å². The maximum absolute atomic E-state index is 12.5. The van der Waals surface area contributed by atoms with Crippen LogP contribution in [0.3, 0.4) is 0 Å². The van der Waals surface area contributed by atoms with Gasteiger partial charge in [-0.15, -0.1) is 10.2 Å². The van der Waals surface area contributed by atoms with Crippen LogP contribution in [0.5, 0.6) is 5.75 Å². The Hall–Kier alpha value is -3.69.